The quantitative estimate of drug-likeness (QED) is 0.578. The van der Waals surface area contributed by atoms with E-state index in [0.29, 0.717) is 11.2 Å². The highest BCUT2D eigenvalue weighted by atomic mass is 32.2. The van der Waals surface area contributed by atoms with Gasteiger partial charge in [-0.3, -0.25) is 0 Å². The lowest BCUT2D eigenvalue weighted by molar-refractivity contribution is 0.873. The van der Waals surface area contributed by atoms with Crippen molar-refractivity contribution in [2.24, 2.45) is 0 Å². The van der Waals surface area contributed by atoms with Crippen molar-refractivity contribution in [2.75, 3.05) is 5.32 Å². The van der Waals surface area contributed by atoms with Crippen LogP contribution in [0.3, 0.4) is 0 Å². The smallest absolute Gasteiger partial charge is 0.0401 e. The van der Waals surface area contributed by atoms with Gasteiger partial charge in [0.15, 0.2) is 0 Å². The van der Waals surface area contributed by atoms with E-state index >= 15 is 0 Å². The van der Waals surface area contributed by atoms with Crippen LogP contribution in [0.15, 0.2) is 108 Å². The van der Waals surface area contributed by atoms with Crippen LogP contribution in [0.2, 0.25) is 0 Å². The molecule has 26 heavy (non-hydrogen) atoms. The van der Waals surface area contributed by atoms with Gasteiger partial charge in [0, 0.05) is 27.4 Å². The van der Waals surface area contributed by atoms with E-state index in [2.05, 4.69) is 96.3 Å². The number of anilines is 1. The third kappa shape index (κ3) is 2.87. The number of nitrogens with one attached hydrogen (secondary N) is 1. The molecule has 3 aromatic rings. The van der Waals surface area contributed by atoms with Crippen LogP contribution in [0.4, 0.5) is 5.69 Å². The van der Waals surface area contributed by atoms with Gasteiger partial charge in [0.1, 0.15) is 0 Å². The zero-order valence-corrected chi connectivity index (χ0v) is 15.1. The molecule has 0 radical (unpaired) electrons. The van der Waals surface area contributed by atoms with E-state index in [1.165, 1.54) is 27.3 Å². The molecule has 1 nitrogen and oxygen atoms in total. The van der Waals surface area contributed by atoms with E-state index < -0.39 is 0 Å². The number of allylic oxidation sites excluding steroid dienone is 2. The summed E-state index contributed by atoms with van der Waals surface area (Å²) in [4.78, 5) is 1.41. The highest BCUT2D eigenvalue weighted by Gasteiger charge is 2.31. The Bertz CT molecular complexity index is 986. The first-order valence-corrected chi connectivity index (χ1v) is 9.83. The summed E-state index contributed by atoms with van der Waals surface area (Å²) in [7, 11) is 0. The Kier molecular flexibility index (Phi) is 3.91. The molecule has 5 rings (SSSR count). The lowest BCUT2D eigenvalue weighted by Gasteiger charge is -2.20. The van der Waals surface area contributed by atoms with Crippen LogP contribution in [0.25, 0.3) is 11.1 Å². The molecule has 0 spiro atoms. The second kappa shape index (κ2) is 6.54. The van der Waals surface area contributed by atoms with Gasteiger partial charge < -0.3 is 5.32 Å². The Labute approximate surface area is 158 Å². The summed E-state index contributed by atoms with van der Waals surface area (Å²) in [5, 5.41) is 4.05. The maximum absolute atomic E-state index is 3.56. The van der Waals surface area contributed by atoms with Crippen LogP contribution >= 0.6 is 11.8 Å². The maximum atomic E-state index is 3.56. The molecule has 0 aromatic heterocycles. The molecule has 0 saturated carbocycles. The fraction of sp³-hybridized carbons (Fsp3) is 0.0833. The number of hydrogen-bond donors (Lipinski definition) is 1. The van der Waals surface area contributed by atoms with E-state index in [-0.39, 0.29) is 0 Å². The van der Waals surface area contributed by atoms with Crippen LogP contribution in [0.5, 0.6) is 0 Å². The lowest BCUT2D eigenvalue weighted by Crippen LogP contribution is -2.12. The SMILES string of the molecule is C1=CC2c3ccccc3SC2C=C1Nc1ccc(-c2ccccc2)cc1. The first-order chi connectivity index (χ1) is 12.9. The van der Waals surface area contributed by atoms with Gasteiger partial charge in [-0.1, -0.05) is 66.7 Å². The average Bonchev–Trinajstić information content (AvgIpc) is 3.07. The van der Waals surface area contributed by atoms with Gasteiger partial charge in [0.25, 0.3) is 0 Å². The molecular formula is C24H19NS. The molecule has 0 fully saturated rings. The number of rotatable bonds is 3. The number of fused-ring (bicyclic) bond motifs is 3. The van der Waals surface area contributed by atoms with E-state index in [1.54, 1.807) is 0 Å². The summed E-state index contributed by atoms with van der Waals surface area (Å²) >= 11 is 1.97. The van der Waals surface area contributed by atoms with Crippen LogP contribution in [-0.4, -0.2) is 5.25 Å². The van der Waals surface area contributed by atoms with Crippen molar-refractivity contribution >= 4 is 17.4 Å². The Morgan fingerprint density at radius 1 is 0.731 bits per heavy atom. The second-order valence-corrected chi connectivity index (χ2v) is 7.92. The normalized spacial score (nSPS) is 20.2. The van der Waals surface area contributed by atoms with Gasteiger partial charge in [-0.25, -0.2) is 0 Å². The van der Waals surface area contributed by atoms with E-state index in [0.717, 1.165) is 5.69 Å². The molecular weight excluding hydrogens is 334 g/mol. The van der Waals surface area contributed by atoms with Crippen LogP contribution in [0.1, 0.15) is 11.5 Å². The van der Waals surface area contributed by atoms with E-state index in [9.17, 15) is 0 Å². The fourth-order valence-corrected chi connectivity index (χ4v) is 5.07. The van der Waals surface area contributed by atoms with Crippen molar-refractivity contribution < 1.29 is 0 Å². The molecule has 1 aliphatic heterocycles. The largest absolute Gasteiger partial charge is 0.356 e. The molecule has 3 aromatic carbocycles. The third-order valence-electron chi connectivity index (χ3n) is 5.00. The number of thioether (sulfide) groups is 1. The molecule has 0 saturated heterocycles. The summed E-state index contributed by atoms with van der Waals surface area (Å²) in [6, 6.07) is 27.9. The fourth-order valence-electron chi connectivity index (χ4n) is 3.68. The number of hydrogen-bond acceptors (Lipinski definition) is 2. The Morgan fingerprint density at radius 3 is 2.31 bits per heavy atom. The molecule has 1 aliphatic carbocycles. The summed E-state index contributed by atoms with van der Waals surface area (Å²) in [6.07, 6.45) is 6.92. The summed E-state index contributed by atoms with van der Waals surface area (Å²) in [6.45, 7) is 0. The molecule has 1 N–H and O–H groups in total. The molecule has 2 unspecified atom stereocenters. The van der Waals surface area contributed by atoms with Crippen LogP contribution in [0, 0.1) is 0 Å². The van der Waals surface area contributed by atoms with Gasteiger partial charge in [-0.05, 0) is 47.0 Å². The topological polar surface area (TPSA) is 12.0 Å². The summed E-state index contributed by atoms with van der Waals surface area (Å²) < 4.78 is 0. The first-order valence-electron chi connectivity index (χ1n) is 8.95. The molecule has 1 heterocycles. The van der Waals surface area contributed by atoms with Crippen molar-refractivity contribution in [3.05, 3.63) is 108 Å². The summed E-state index contributed by atoms with van der Waals surface area (Å²) in [5.41, 5.74) is 6.25. The maximum Gasteiger partial charge on any atom is 0.0401 e. The molecule has 2 heteroatoms. The zero-order chi connectivity index (χ0) is 17.3. The van der Waals surface area contributed by atoms with Gasteiger partial charge >= 0.3 is 0 Å². The zero-order valence-electron chi connectivity index (χ0n) is 14.3. The van der Waals surface area contributed by atoms with E-state index in [1.807, 2.05) is 17.8 Å². The Hall–Kier alpha value is -2.71. The first kappa shape index (κ1) is 15.5. The average molecular weight is 353 g/mol. The molecule has 0 amide bonds. The Balaban J connectivity index is 1.33. The van der Waals surface area contributed by atoms with Gasteiger partial charge in [0.2, 0.25) is 0 Å². The molecule has 126 valence electrons. The van der Waals surface area contributed by atoms with Gasteiger partial charge in [-0.15, -0.1) is 11.8 Å². The minimum absolute atomic E-state index is 0.489. The highest BCUT2D eigenvalue weighted by molar-refractivity contribution is 8.00. The summed E-state index contributed by atoms with van der Waals surface area (Å²) in [5.74, 6) is 0.502. The van der Waals surface area contributed by atoms with Crippen molar-refractivity contribution in [3.63, 3.8) is 0 Å². The molecule has 0 bridgehead atoms. The predicted octanol–water partition coefficient (Wildman–Crippen LogP) is 6.48. The third-order valence-corrected chi connectivity index (χ3v) is 6.33. The van der Waals surface area contributed by atoms with Crippen LogP contribution in [-0.2, 0) is 0 Å². The van der Waals surface area contributed by atoms with Crippen LogP contribution < -0.4 is 5.32 Å². The second-order valence-electron chi connectivity index (χ2n) is 6.70. The minimum Gasteiger partial charge on any atom is -0.356 e. The van der Waals surface area contributed by atoms with Crippen molar-refractivity contribution in [1.82, 2.24) is 0 Å². The van der Waals surface area contributed by atoms with Gasteiger partial charge in [-0.2, -0.15) is 0 Å². The molecule has 2 atom stereocenters. The Morgan fingerprint density at radius 2 is 1.46 bits per heavy atom. The predicted molar refractivity (Wildman–Crippen MR) is 112 cm³/mol. The van der Waals surface area contributed by atoms with Crippen molar-refractivity contribution in [1.29, 1.82) is 0 Å². The lowest BCUT2D eigenvalue weighted by atomic mass is 9.91. The van der Waals surface area contributed by atoms with Crippen molar-refractivity contribution in [3.8, 4) is 11.1 Å². The minimum atomic E-state index is 0.489. The molecule has 2 aliphatic rings. The standard InChI is InChI=1S/C24H19NS/c1-2-6-17(7-3-1)18-10-12-19(13-11-18)25-20-14-15-22-21-8-4-5-9-23(21)26-24(22)16-20/h1-16,22,24-25H. The van der Waals surface area contributed by atoms with Gasteiger partial charge in [0.05, 0.1) is 0 Å². The van der Waals surface area contributed by atoms with Crippen molar-refractivity contribution in [2.45, 2.75) is 16.1 Å². The van der Waals surface area contributed by atoms with E-state index in [4.69, 9.17) is 0 Å². The monoisotopic (exact) mass is 353 g/mol. The number of benzene rings is 3. The highest BCUT2D eigenvalue weighted by Crippen LogP contribution is 2.48.